The molecule has 2 aliphatic rings. The molecule has 0 radical (unpaired) electrons. The Labute approximate surface area is 187 Å². The number of carbonyl (C=O) groups excluding carboxylic acids is 2. The number of likely N-dealkylation sites (tertiary alicyclic amines) is 1. The molecule has 4 heterocycles. The number of ether oxygens (including phenoxy) is 1. The number of rotatable bonds is 5. The number of aromatic nitrogens is 2. The molecule has 1 aromatic carbocycles. The highest BCUT2D eigenvalue weighted by atomic mass is 16.5. The molecule has 1 atom stereocenters. The maximum Gasteiger partial charge on any atom is 0.260 e. The van der Waals surface area contributed by atoms with Crippen molar-refractivity contribution in [2.24, 2.45) is 5.92 Å². The minimum absolute atomic E-state index is 0.0476. The van der Waals surface area contributed by atoms with Crippen molar-refractivity contribution in [3.8, 4) is 5.88 Å². The lowest BCUT2D eigenvalue weighted by atomic mass is 9.88. The number of anilines is 1. The Bertz CT molecular complexity index is 1190. The third-order valence-corrected chi connectivity index (χ3v) is 6.62. The fourth-order valence-electron chi connectivity index (χ4n) is 4.76. The maximum absolute atomic E-state index is 13.4. The molecular formula is C25H26N4O3. The van der Waals surface area contributed by atoms with Crippen molar-refractivity contribution >= 4 is 28.5 Å². The van der Waals surface area contributed by atoms with Gasteiger partial charge in [-0.15, -0.1) is 0 Å². The summed E-state index contributed by atoms with van der Waals surface area (Å²) in [6.45, 7) is 1.86. The number of methoxy groups -OCH3 is 1. The fraction of sp³-hybridized carbons (Fsp3) is 0.360. The van der Waals surface area contributed by atoms with Crippen molar-refractivity contribution < 1.29 is 14.3 Å². The summed E-state index contributed by atoms with van der Waals surface area (Å²) in [5.74, 6) is 1.11. The summed E-state index contributed by atoms with van der Waals surface area (Å²) in [7, 11) is 3.64. The Hall–Kier alpha value is -3.32. The Balaban J connectivity index is 1.50. The molecule has 1 unspecified atom stereocenters. The summed E-state index contributed by atoms with van der Waals surface area (Å²) < 4.78 is 5.23. The number of amides is 1. The Morgan fingerprint density at radius 3 is 2.59 bits per heavy atom. The average molecular weight is 431 g/mol. The first-order valence-electron chi connectivity index (χ1n) is 11.0. The molecule has 7 heteroatoms. The molecule has 32 heavy (non-hydrogen) atoms. The number of ketones is 1. The first kappa shape index (κ1) is 20.6. The Kier molecular flexibility index (Phi) is 5.35. The van der Waals surface area contributed by atoms with Gasteiger partial charge in [-0.1, -0.05) is 18.2 Å². The number of pyridine rings is 2. The van der Waals surface area contributed by atoms with Crippen LogP contribution in [-0.4, -0.2) is 53.8 Å². The largest absolute Gasteiger partial charge is 0.481 e. The van der Waals surface area contributed by atoms with Gasteiger partial charge in [0, 0.05) is 29.4 Å². The lowest BCUT2D eigenvalue weighted by Gasteiger charge is -2.30. The van der Waals surface area contributed by atoms with E-state index in [-0.39, 0.29) is 23.7 Å². The van der Waals surface area contributed by atoms with Crippen molar-refractivity contribution in [2.45, 2.75) is 25.3 Å². The second-order valence-corrected chi connectivity index (χ2v) is 8.60. The highest BCUT2D eigenvalue weighted by Gasteiger charge is 2.40. The van der Waals surface area contributed by atoms with E-state index in [1.165, 1.54) is 0 Å². The van der Waals surface area contributed by atoms with E-state index in [1.54, 1.807) is 18.1 Å². The topological polar surface area (TPSA) is 75.6 Å². The maximum atomic E-state index is 13.4. The zero-order chi connectivity index (χ0) is 22.2. The third-order valence-electron chi connectivity index (χ3n) is 6.62. The fourth-order valence-corrected chi connectivity index (χ4v) is 4.76. The van der Waals surface area contributed by atoms with Crippen molar-refractivity contribution in [1.29, 1.82) is 0 Å². The summed E-state index contributed by atoms with van der Waals surface area (Å²) in [5.41, 5.74) is 2.03. The van der Waals surface area contributed by atoms with Crippen LogP contribution in [0.2, 0.25) is 0 Å². The Morgan fingerprint density at radius 2 is 1.81 bits per heavy atom. The summed E-state index contributed by atoms with van der Waals surface area (Å²) in [6.07, 6.45) is 2.04. The van der Waals surface area contributed by atoms with Crippen LogP contribution < -0.4 is 9.64 Å². The van der Waals surface area contributed by atoms with Gasteiger partial charge in [0.05, 0.1) is 13.2 Å². The van der Waals surface area contributed by atoms with E-state index in [9.17, 15) is 9.59 Å². The number of nitrogens with zero attached hydrogens (tertiary/aromatic N) is 4. The third kappa shape index (κ3) is 3.62. The lowest BCUT2D eigenvalue weighted by molar-refractivity contribution is -0.124. The molecule has 1 fully saturated rings. The van der Waals surface area contributed by atoms with Gasteiger partial charge in [0.1, 0.15) is 11.6 Å². The minimum Gasteiger partial charge on any atom is -0.481 e. The second-order valence-electron chi connectivity index (χ2n) is 8.60. The van der Waals surface area contributed by atoms with E-state index in [1.807, 2.05) is 42.5 Å². The predicted molar refractivity (Wildman–Crippen MR) is 122 cm³/mol. The first-order chi connectivity index (χ1) is 15.5. The molecule has 3 aromatic rings. The van der Waals surface area contributed by atoms with Crippen LogP contribution in [0.25, 0.3) is 11.0 Å². The molecule has 1 amide bonds. The van der Waals surface area contributed by atoms with Gasteiger partial charge in [0.2, 0.25) is 5.88 Å². The summed E-state index contributed by atoms with van der Waals surface area (Å²) in [6, 6.07) is 14.6. The number of hydrogen-bond donors (Lipinski definition) is 0. The second kappa shape index (κ2) is 8.31. The van der Waals surface area contributed by atoms with Crippen molar-refractivity contribution in [1.82, 2.24) is 14.9 Å². The van der Waals surface area contributed by atoms with Gasteiger partial charge in [-0.05, 0) is 62.8 Å². The van der Waals surface area contributed by atoms with Gasteiger partial charge in [0.15, 0.2) is 5.65 Å². The van der Waals surface area contributed by atoms with Crippen LogP contribution in [0, 0.1) is 5.92 Å². The van der Waals surface area contributed by atoms with E-state index in [0.717, 1.165) is 36.9 Å². The molecule has 1 saturated heterocycles. The van der Waals surface area contributed by atoms with Gasteiger partial charge >= 0.3 is 0 Å². The monoisotopic (exact) mass is 430 g/mol. The molecule has 2 aliphatic heterocycles. The van der Waals surface area contributed by atoms with Crippen LogP contribution in [-0.2, 0) is 4.79 Å². The summed E-state index contributed by atoms with van der Waals surface area (Å²) in [4.78, 5) is 39.7. The smallest absolute Gasteiger partial charge is 0.260 e. The van der Waals surface area contributed by atoms with Crippen LogP contribution in [0.1, 0.15) is 41.2 Å². The molecule has 0 saturated carbocycles. The SMILES string of the molecule is COc1ccc2ccc(N3C(=O)c4ccccc4C3CC(=O)C3CCN(C)CC3)nc2n1. The number of hydrogen-bond acceptors (Lipinski definition) is 6. The van der Waals surface area contributed by atoms with E-state index in [4.69, 9.17) is 4.74 Å². The standard InChI is InChI=1S/C25H26N4O3/c1-28-13-11-16(12-14-28)21(30)15-20-18-5-3-4-6-19(18)25(31)29(20)22-9-7-17-8-10-23(32-2)27-24(17)26-22/h3-10,16,20H,11-15H2,1-2H3. The highest BCUT2D eigenvalue weighted by Crippen LogP contribution is 2.40. The van der Waals surface area contributed by atoms with Gasteiger partial charge < -0.3 is 9.64 Å². The van der Waals surface area contributed by atoms with Crippen LogP contribution in [0.3, 0.4) is 0 Å². The molecule has 5 rings (SSSR count). The quantitative estimate of drug-likeness (QED) is 0.615. The number of fused-ring (bicyclic) bond motifs is 2. The van der Waals surface area contributed by atoms with Gasteiger partial charge in [-0.2, -0.15) is 4.98 Å². The van der Waals surface area contributed by atoms with Crippen LogP contribution in [0.4, 0.5) is 5.82 Å². The van der Waals surface area contributed by atoms with Crippen molar-refractivity contribution in [3.05, 3.63) is 59.7 Å². The molecule has 0 spiro atoms. The molecular weight excluding hydrogens is 404 g/mol. The lowest BCUT2D eigenvalue weighted by Crippen LogP contribution is -2.36. The van der Waals surface area contributed by atoms with Gasteiger partial charge in [-0.25, -0.2) is 4.98 Å². The minimum atomic E-state index is -0.360. The normalized spacial score (nSPS) is 19.4. The van der Waals surface area contributed by atoms with Crippen molar-refractivity contribution in [3.63, 3.8) is 0 Å². The molecule has 2 aromatic heterocycles. The number of piperidine rings is 1. The molecule has 0 aliphatic carbocycles. The van der Waals surface area contributed by atoms with Gasteiger partial charge in [0.25, 0.3) is 5.91 Å². The summed E-state index contributed by atoms with van der Waals surface area (Å²) >= 11 is 0. The summed E-state index contributed by atoms with van der Waals surface area (Å²) in [5, 5.41) is 0.859. The number of Topliss-reactive ketones (excluding diaryl/α,β-unsaturated/α-hetero) is 1. The number of carbonyl (C=O) groups is 2. The highest BCUT2D eigenvalue weighted by molar-refractivity contribution is 6.11. The number of benzene rings is 1. The van der Waals surface area contributed by atoms with Crippen LogP contribution >= 0.6 is 0 Å². The van der Waals surface area contributed by atoms with E-state index >= 15 is 0 Å². The van der Waals surface area contributed by atoms with Crippen molar-refractivity contribution in [2.75, 3.05) is 32.1 Å². The molecule has 7 nitrogen and oxygen atoms in total. The van der Waals surface area contributed by atoms with E-state index in [2.05, 4.69) is 21.9 Å². The zero-order valence-electron chi connectivity index (χ0n) is 18.3. The van der Waals surface area contributed by atoms with E-state index in [0.29, 0.717) is 29.3 Å². The van der Waals surface area contributed by atoms with E-state index < -0.39 is 0 Å². The zero-order valence-corrected chi connectivity index (χ0v) is 18.3. The molecule has 0 bridgehead atoms. The first-order valence-corrected chi connectivity index (χ1v) is 11.0. The molecule has 0 N–H and O–H groups in total. The molecule has 164 valence electrons. The Morgan fingerprint density at radius 1 is 1.06 bits per heavy atom. The van der Waals surface area contributed by atoms with Crippen LogP contribution in [0.5, 0.6) is 5.88 Å². The average Bonchev–Trinajstić information content (AvgIpc) is 3.10. The predicted octanol–water partition coefficient (Wildman–Crippen LogP) is 3.64. The van der Waals surface area contributed by atoms with Gasteiger partial charge in [-0.3, -0.25) is 14.5 Å². The van der Waals surface area contributed by atoms with Crippen LogP contribution in [0.15, 0.2) is 48.5 Å².